The van der Waals surface area contributed by atoms with Gasteiger partial charge in [-0.1, -0.05) is 36.4 Å². The molecule has 4 nitrogen and oxygen atoms in total. The summed E-state index contributed by atoms with van der Waals surface area (Å²) in [7, 11) is 0. The average molecular weight is 280 g/mol. The van der Waals surface area contributed by atoms with E-state index in [0.717, 1.165) is 22.2 Å². The number of rotatable bonds is 4. The lowest BCUT2D eigenvalue weighted by Crippen LogP contribution is -2.16. The minimum atomic E-state index is -0.0947. The minimum Gasteiger partial charge on any atom is -0.392 e. The smallest absolute Gasteiger partial charge is 0.253 e. The van der Waals surface area contributed by atoms with E-state index in [4.69, 9.17) is 0 Å². The number of anilines is 1. The molecule has 4 heteroatoms. The summed E-state index contributed by atoms with van der Waals surface area (Å²) in [5.41, 5.74) is 3.06. The predicted octanol–water partition coefficient (Wildman–Crippen LogP) is 2.63. The third kappa shape index (κ3) is 2.80. The fourth-order valence-corrected chi connectivity index (χ4v) is 2.34. The normalized spacial score (nSPS) is 10.7. The number of pyridine rings is 1. The Kier molecular flexibility index (Phi) is 3.71. The van der Waals surface area contributed by atoms with Crippen molar-refractivity contribution in [2.24, 2.45) is 0 Å². The molecule has 1 heterocycles. The summed E-state index contributed by atoms with van der Waals surface area (Å²) in [6, 6.07) is 17.1. The minimum absolute atomic E-state index is 0.0305. The van der Waals surface area contributed by atoms with Gasteiger partial charge in [0.05, 0.1) is 6.61 Å². The van der Waals surface area contributed by atoms with Crippen LogP contribution in [0.3, 0.4) is 0 Å². The van der Waals surface area contributed by atoms with Gasteiger partial charge in [0.25, 0.3) is 5.56 Å². The van der Waals surface area contributed by atoms with Crippen molar-refractivity contribution in [2.75, 3.05) is 5.32 Å². The number of aliphatic hydroxyl groups excluding tert-OH is 1. The highest BCUT2D eigenvalue weighted by molar-refractivity contribution is 5.78. The van der Waals surface area contributed by atoms with E-state index in [1.54, 1.807) is 0 Å². The first-order chi connectivity index (χ1) is 10.3. The van der Waals surface area contributed by atoms with Gasteiger partial charge in [-0.3, -0.25) is 4.79 Å². The summed E-state index contributed by atoms with van der Waals surface area (Å²) < 4.78 is 0. The van der Waals surface area contributed by atoms with Crippen molar-refractivity contribution in [3.8, 4) is 0 Å². The number of H-pyrrole nitrogens is 1. The Bertz CT molecular complexity index is 824. The number of aromatic nitrogens is 1. The Morgan fingerprint density at radius 1 is 1.00 bits per heavy atom. The van der Waals surface area contributed by atoms with Gasteiger partial charge in [-0.15, -0.1) is 0 Å². The molecule has 1 aromatic heterocycles. The van der Waals surface area contributed by atoms with E-state index < -0.39 is 0 Å². The van der Waals surface area contributed by atoms with Crippen molar-refractivity contribution >= 4 is 16.6 Å². The van der Waals surface area contributed by atoms with Crippen LogP contribution >= 0.6 is 0 Å². The quantitative estimate of drug-likeness (QED) is 0.688. The molecule has 21 heavy (non-hydrogen) atoms. The Morgan fingerprint density at radius 3 is 2.62 bits per heavy atom. The molecule has 3 aromatic rings. The molecule has 0 unspecified atom stereocenters. The van der Waals surface area contributed by atoms with Crippen molar-refractivity contribution in [3.05, 3.63) is 76.1 Å². The zero-order chi connectivity index (χ0) is 14.7. The summed E-state index contributed by atoms with van der Waals surface area (Å²) in [4.78, 5) is 14.9. The lowest BCUT2D eigenvalue weighted by atomic mass is 10.1. The van der Waals surface area contributed by atoms with E-state index in [0.29, 0.717) is 12.1 Å². The number of aliphatic hydroxyl groups is 1. The van der Waals surface area contributed by atoms with Crippen LogP contribution in [-0.4, -0.2) is 10.1 Å². The molecule has 2 aromatic carbocycles. The zero-order valence-electron chi connectivity index (χ0n) is 11.5. The standard InChI is InChI=1S/C17H16N2O2/c20-11-13-6-2-3-7-15(13)18-10-14-9-12-5-1-4-8-16(12)19-17(14)21/h1-9,18,20H,10-11H2,(H,19,21). The lowest BCUT2D eigenvalue weighted by molar-refractivity contribution is 0.282. The van der Waals surface area contributed by atoms with Gasteiger partial charge >= 0.3 is 0 Å². The van der Waals surface area contributed by atoms with Crippen LogP contribution in [0.25, 0.3) is 10.9 Å². The van der Waals surface area contributed by atoms with E-state index in [1.165, 1.54) is 0 Å². The number of benzene rings is 2. The molecule has 0 saturated heterocycles. The number of para-hydroxylation sites is 2. The van der Waals surface area contributed by atoms with Crippen LogP contribution in [0.1, 0.15) is 11.1 Å². The predicted molar refractivity (Wildman–Crippen MR) is 84.3 cm³/mol. The number of nitrogens with one attached hydrogen (secondary N) is 2. The highest BCUT2D eigenvalue weighted by Gasteiger charge is 2.04. The molecule has 0 atom stereocenters. The van der Waals surface area contributed by atoms with Crippen LogP contribution in [0, 0.1) is 0 Å². The van der Waals surface area contributed by atoms with E-state index in [1.807, 2.05) is 54.6 Å². The first-order valence-corrected chi connectivity index (χ1v) is 6.81. The zero-order valence-corrected chi connectivity index (χ0v) is 11.5. The summed E-state index contributed by atoms with van der Waals surface area (Å²) in [5.74, 6) is 0. The van der Waals surface area contributed by atoms with E-state index in [-0.39, 0.29) is 12.2 Å². The van der Waals surface area contributed by atoms with Gasteiger partial charge in [0.15, 0.2) is 0 Å². The van der Waals surface area contributed by atoms with E-state index in [2.05, 4.69) is 10.3 Å². The summed E-state index contributed by atoms with van der Waals surface area (Å²) in [6.45, 7) is 0.383. The second kappa shape index (κ2) is 5.81. The van der Waals surface area contributed by atoms with Crippen molar-refractivity contribution in [1.82, 2.24) is 4.98 Å². The van der Waals surface area contributed by atoms with E-state index >= 15 is 0 Å². The van der Waals surface area contributed by atoms with E-state index in [9.17, 15) is 9.90 Å². The lowest BCUT2D eigenvalue weighted by Gasteiger charge is -2.10. The third-order valence-corrected chi connectivity index (χ3v) is 3.49. The van der Waals surface area contributed by atoms with Gasteiger partial charge in [0.2, 0.25) is 0 Å². The molecule has 0 saturated carbocycles. The maximum absolute atomic E-state index is 12.1. The van der Waals surface area contributed by atoms with Crippen LogP contribution in [0.5, 0.6) is 0 Å². The Hall–Kier alpha value is -2.59. The number of hydrogen-bond donors (Lipinski definition) is 3. The van der Waals surface area contributed by atoms with Crippen LogP contribution in [0.15, 0.2) is 59.4 Å². The van der Waals surface area contributed by atoms with Crippen molar-refractivity contribution in [3.63, 3.8) is 0 Å². The molecule has 106 valence electrons. The van der Waals surface area contributed by atoms with Crippen LogP contribution in [-0.2, 0) is 13.2 Å². The summed E-state index contributed by atoms with van der Waals surface area (Å²) >= 11 is 0. The second-order valence-electron chi connectivity index (χ2n) is 4.88. The van der Waals surface area contributed by atoms with Gasteiger partial charge < -0.3 is 15.4 Å². The number of hydrogen-bond acceptors (Lipinski definition) is 3. The maximum Gasteiger partial charge on any atom is 0.253 e. The largest absolute Gasteiger partial charge is 0.392 e. The fourth-order valence-electron chi connectivity index (χ4n) is 2.34. The molecule has 0 aliphatic carbocycles. The molecule has 0 aliphatic rings. The summed E-state index contributed by atoms with van der Waals surface area (Å²) in [6.07, 6.45) is 0. The van der Waals surface area contributed by atoms with Crippen LogP contribution < -0.4 is 10.9 Å². The fraction of sp³-hybridized carbons (Fsp3) is 0.118. The number of aromatic amines is 1. The van der Waals surface area contributed by atoms with Crippen molar-refractivity contribution in [1.29, 1.82) is 0 Å². The van der Waals surface area contributed by atoms with Crippen molar-refractivity contribution < 1.29 is 5.11 Å². The summed E-state index contributed by atoms with van der Waals surface area (Å²) in [5, 5.41) is 13.5. The highest BCUT2D eigenvalue weighted by atomic mass is 16.3. The number of fused-ring (bicyclic) bond motifs is 1. The van der Waals surface area contributed by atoms with Gasteiger partial charge in [-0.05, 0) is 23.6 Å². The topological polar surface area (TPSA) is 65.1 Å². The van der Waals surface area contributed by atoms with Gasteiger partial charge in [0, 0.05) is 28.9 Å². The Balaban J connectivity index is 1.88. The molecular weight excluding hydrogens is 264 g/mol. The van der Waals surface area contributed by atoms with Gasteiger partial charge in [-0.25, -0.2) is 0 Å². The molecule has 0 spiro atoms. The van der Waals surface area contributed by atoms with Crippen LogP contribution in [0.2, 0.25) is 0 Å². The SMILES string of the molecule is O=c1[nH]c2ccccc2cc1CNc1ccccc1CO. The molecule has 3 N–H and O–H groups in total. The van der Waals surface area contributed by atoms with Gasteiger partial charge in [-0.2, -0.15) is 0 Å². The molecule has 0 radical (unpaired) electrons. The monoisotopic (exact) mass is 280 g/mol. The highest BCUT2D eigenvalue weighted by Crippen LogP contribution is 2.16. The Morgan fingerprint density at radius 2 is 1.76 bits per heavy atom. The molecule has 0 aliphatic heterocycles. The molecular formula is C17H16N2O2. The molecule has 0 bridgehead atoms. The first-order valence-electron chi connectivity index (χ1n) is 6.81. The van der Waals surface area contributed by atoms with Crippen LogP contribution in [0.4, 0.5) is 5.69 Å². The molecule has 0 fully saturated rings. The molecule has 0 amide bonds. The van der Waals surface area contributed by atoms with Crippen molar-refractivity contribution in [2.45, 2.75) is 13.2 Å². The first kappa shape index (κ1) is 13.4. The molecule has 3 rings (SSSR count). The Labute approximate surface area is 122 Å². The van der Waals surface area contributed by atoms with Gasteiger partial charge in [0.1, 0.15) is 0 Å². The maximum atomic E-state index is 12.1. The average Bonchev–Trinajstić information content (AvgIpc) is 2.53. The third-order valence-electron chi connectivity index (χ3n) is 3.49. The second-order valence-corrected chi connectivity index (χ2v) is 4.88.